The maximum atomic E-state index is 13.2. The van der Waals surface area contributed by atoms with Gasteiger partial charge in [0, 0.05) is 0 Å². The third-order valence-corrected chi connectivity index (χ3v) is 2.46. The van der Waals surface area contributed by atoms with Crippen molar-refractivity contribution in [3.8, 4) is 0 Å². The van der Waals surface area contributed by atoms with Crippen LogP contribution in [0.4, 0.5) is 4.39 Å². The Morgan fingerprint density at radius 3 is 2.61 bits per heavy atom. The highest BCUT2D eigenvalue weighted by atomic mass is 35.5. The molecule has 1 aromatic carbocycles. The lowest BCUT2D eigenvalue weighted by Crippen LogP contribution is -2.38. The van der Waals surface area contributed by atoms with Crippen LogP contribution in [0.25, 0.3) is 0 Å². The highest BCUT2D eigenvalue weighted by Gasteiger charge is 2.22. The van der Waals surface area contributed by atoms with Crippen LogP contribution in [0.2, 0.25) is 5.02 Å². The number of carbonyl (C=O) groups excluding carboxylic acids is 1. The van der Waals surface area contributed by atoms with Crippen LogP contribution >= 0.6 is 11.6 Å². The average Bonchev–Trinajstić information content (AvgIpc) is 2.21. The molecule has 18 heavy (non-hydrogen) atoms. The Balaban J connectivity index is 2.66. The molecular weight excluding hydrogens is 257 g/mol. The van der Waals surface area contributed by atoms with Crippen LogP contribution in [0.15, 0.2) is 18.2 Å². The Hall–Kier alpha value is -1.13. The van der Waals surface area contributed by atoms with E-state index in [1.165, 1.54) is 12.1 Å². The van der Waals surface area contributed by atoms with E-state index in [9.17, 15) is 9.18 Å². The van der Waals surface area contributed by atoms with Crippen molar-refractivity contribution in [3.63, 3.8) is 0 Å². The molecule has 0 amide bonds. The molecule has 5 heteroatoms. The normalized spacial score (nSPS) is 13.2. The summed E-state index contributed by atoms with van der Waals surface area (Å²) in [6.07, 6.45) is 0.211. The van der Waals surface area contributed by atoms with Gasteiger partial charge in [0.15, 0.2) is 0 Å². The predicted octanol–water partition coefficient (Wildman–Crippen LogP) is 2.69. The molecule has 0 saturated carbocycles. The molecule has 0 fully saturated rings. The van der Waals surface area contributed by atoms with Crippen LogP contribution in [0.5, 0.6) is 0 Å². The Morgan fingerprint density at radius 2 is 2.11 bits per heavy atom. The van der Waals surface area contributed by atoms with Gasteiger partial charge in [0.05, 0.1) is 5.02 Å². The molecule has 1 atom stereocenters. The summed E-state index contributed by atoms with van der Waals surface area (Å²) in [6.45, 7) is 5.29. The fraction of sp³-hybridized carbons (Fsp3) is 0.462. The van der Waals surface area contributed by atoms with Gasteiger partial charge in [0.2, 0.25) is 0 Å². The zero-order valence-corrected chi connectivity index (χ0v) is 11.4. The molecule has 2 N–H and O–H groups in total. The Labute approximate surface area is 111 Å². The number of hydrogen-bond acceptors (Lipinski definition) is 3. The van der Waals surface area contributed by atoms with Crippen LogP contribution in [0.1, 0.15) is 26.3 Å². The highest BCUT2D eigenvalue weighted by molar-refractivity contribution is 6.30. The Morgan fingerprint density at radius 1 is 1.50 bits per heavy atom. The van der Waals surface area contributed by atoms with Crippen LogP contribution in [-0.4, -0.2) is 17.6 Å². The minimum atomic E-state index is -0.815. The van der Waals surface area contributed by atoms with Crippen LogP contribution in [0, 0.1) is 5.82 Å². The van der Waals surface area contributed by atoms with Gasteiger partial charge in [-0.05, 0) is 44.9 Å². The molecule has 0 heterocycles. The second kappa shape index (κ2) is 5.67. The summed E-state index contributed by atoms with van der Waals surface area (Å²) < 4.78 is 18.4. The van der Waals surface area contributed by atoms with Gasteiger partial charge >= 0.3 is 5.97 Å². The molecule has 0 radical (unpaired) electrons. The third kappa shape index (κ3) is 4.63. The summed E-state index contributed by atoms with van der Waals surface area (Å²) >= 11 is 5.57. The predicted molar refractivity (Wildman–Crippen MR) is 68.9 cm³/mol. The second-order valence-corrected chi connectivity index (χ2v) is 5.50. The van der Waals surface area contributed by atoms with E-state index in [0.29, 0.717) is 5.56 Å². The number of benzene rings is 1. The molecule has 0 saturated heterocycles. The Kier molecular flexibility index (Phi) is 4.71. The molecule has 0 aliphatic heterocycles. The van der Waals surface area contributed by atoms with Crippen molar-refractivity contribution in [2.45, 2.75) is 38.8 Å². The van der Waals surface area contributed by atoms with Gasteiger partial charge in [-0.25, -0.2) is 4.39 Å². The van der Waals surface area contributed by atoms with E-state index in [4.69, 9.17) is 22.1 Å². The highest BCUT2D eigenvalue weighted by Crippen LogP contribution is 2.17. The van der Waals surface area contributed by atoms with Crippen molar-refractivity contribution in [2.75, 3.05) is 0 Å². The molecule has 3 nitrogen and oxygen atoms in total. The lowest BCUT2D eigenvalue weighted by Gasteiger charge is -2.22. The third-order valence-electron chi connectivity index (χ3n) is 2.15. The fourth-order valence-electron chi connectivity index (χ4n) is 1.38. The van der Waals surface area contributed by atoms with Crippen molar-refractivity contribution >= 4 is 17.6 Å². The molecule has 1 rings (SSSR count). The number of hydrogen-bond donors (Lipinski definition) is 1. The van der Waals surface area contributed by atoms with Crippen LogP contribution in [-0.2, 0) is 16.0 Å². The van der Waals surface area contributed by atoms with E-state index in [1.54, 1.807) is 26.8 Å². The summed E-state index contributed by atoms with van der Waals surface area (Å²) in [5, 5.41) is 0.0459. The molecule has 0 aromatic heterocycles. The van der Waals surface area contributed by atoms with Gasteiger partial charge < -0.3 is 10.5 Å². The van der Waals surface area contributed by atoms with E-state index < -0.39 is 23.4 Å². The van der Waals surface area contributed by atoms with Crippen molar-refractivity contribution in [1.82, 2.24) is 0 Å². The molecule has 0 spiro atoms. The minimum Gasteiger partial charge on any atom is -0.459 e. The molecular formula is C13H17ClFNO2. The number of ether oxygens (including phenoxy) is 1. The Bertz CT molecular complexity index is 443. The molecule has 0 aliphatic carbocycles. The van der Waals surface area contributed by atoms with Crippen molar-refractivity contribution in [1.29, 1.82) is 0 Å². The first-order chi connectivity index (χ1) is 8.19. The average molecular weight is 274 g/mol. The van der Waals surface area contributed by atoms with Gasteiger partial charge in [-0.1, -0.05) is 17.7 Å². The van der Waals surface area contributed by atoms with Crippen LogP contribution < -0.4 is 5.73 Å². The second-order valence-electron chi connectivity index (χ2n) is 5.09. The van der Waals surface area contributed by atoms with Crippen molar-refractivity contribution in [2.24, 2.45) is 5.73 Å². The zero-order valence-electron chi connectivity index (χ0n) is 10.7. The summed E-state index contributed by atoms with van der Waals surface area (Å²) in [5.41, 5.74) is 5.74. The van der Waals surface area contributed by atoms with Gasteiger partial charge in [-0.3, -0.25) is 4.79 Å². The quantitative estimate of drug-likeness (QED) is 0.862. The summed E-state index contributed by atoms with van der Waals surface area (Å²) in [7, 11) is 0. The van der Waals surface area contributed by atoms with Crippen LogP contribution in [0.3, 0.4) is 0 Å². The number of rotatable bonds is 3. The maximum absolute atomic E-state index is 13.2. The number of halogens is 2. The maximum Gasteiger partial charge on any atom is 0.323 e. The summed E-state index contributed by atoms with van der Waals surface area (Å²) in [6, 6.07) is 3.53. The summed E-state index contributed by atoms with van der Waals surface area (Å²) in [5.74, 6) is -1.02. The van der Waals surface area contributed by atoms with E-state index in [-0.39, 0.29) is 11.4 Å². The van der Waals surface area contributed by atoms with E-state index in [0.717, 1.165) is 0 Å². The zero-order chi connectivity index (χ0) is 13.9. The topological polar surface area (TPSA) is 52.3 Å². The monoisotopic (exact) mass is 273 g/mol. The first-order valence-corrected chi connectivity index (χ1v) is 5.99. The minimum absolute atomic E-state index is 0.0459. The SMILES string of the molecule is CC(C)(C)OC(=O)[C@H](N)Cc1ccc(Cl)c(F)c1. The van der Waals surface area contributed by atoms with Crippen molar-refractivity contribution in [3.05, 3.63) is 34.6 Å². The number of carbonyl (C=O) groups is 1. The van der Waals surface area contributed by atoms with Gasteiger partial charge in [0.25, 0.3) is 0 Å². The van der Waals surface area contributed by atoms with Gasteiger partial charge in [0.1, 0.15) is 17.5 Å². The number of esters is 1. The number of nitrogens with two attached hydrogens (primary N) is 1. The van der Waals surface area contributed by atoms with E-state index in [2.05, 4.69) is 0 Å². The molecule has 0 bridgehead atoms. The smallest absolute Gasteiger partial charge is 0.323 e. The molecule has 0 aliphatic rings. The van der Waals surface area contributed by atoms with E-state index >= 15 is 0 Å². The first kappa shape index (κ1) is 14.9. The molecule has 1 aromatic rings. The fourth-order valence-corrected chi connectivity index (χ4v) is 1.50. The lowest BCUT2D eigenvalue weighted by atomic mass is 10.1. The van der Waals surface area contributed by atoms with Crippen molar-refractivity contribution < 1.29 is 13.9 Å². The molecule has 0 unspecified atom stereocenters. The lowest BCUT2D eigenvalue weighted by molar-refractivity contribution is -0.156. The van der Waals surface area contributed by atoms with E-state index in [1.807, 2.05) is 0 Å². The summed E-state index contributed by atoms with van der Waals surface area (Å²) in [4.78, 5) is 11.6. The largest absolute Gasteiger partial charge is 0.459 e. The molecule has 100 valence electrons. The van der Waals surface area contributed by atoms with Gasteiger partial charge in [-0.2, -0.15) is 0 Å². The first-order valence-electron chi connectivity index (χ1n) is 5.61. The van der Waals surface area contributed by atoms with Gasteiger partial charge in [-0.15, -0.1) is 0 Å². The standard InChI is InChI=1S/C13H17ClFNO2/c1-13(2,3)18-12(17)11(16)7-8-4-5-9(14)10(15)6-8/h4-6,11H,7,16H2,1-3H3/t11-/m1/s1.